The van der Waals surface area contributed by atoms with Gasteiger partial charge in [-0.3, -0.25) is 9.78 Å². The highest BCUT2D eigenvalue weighted by Gasteiger charge is 2.37. The van der Waals surface area contributed by atoms with Crippen LogP contribution in [0.5, 0.6) is 0 Å². The number of nitrogens with zero attached hydrogens (tertiary/aromatic N) is 2. The van der Waals surface area contributed by atoms with Crippen molar-refractivity contribution in [2.75, 3.05) is 5.75 Å². The first-order valence-electron chi connectivity index (χ1n) is 11.1. The first kappa shape index (κ1) is 22.7. The van der Waals surface area contributed by atoms with Crippen LogP contribution in [0.3, 0.4) is 0 Å². The number of aromatic nitrogens is 2. The molecular weight excluding hydrogens is 468 g/mol. The second kappa shape index (κ2) is 8.60. The zero-order valence-corrected chi connectivity index (χ0v) is 20.4. The van der Waals surface area contributed by atoms with Gasteiger partial charge in [0.2, 0.25) is 0 Å². The average molecular weight is 491 g/mol. The van der Waals surface area contributed by atoms with Crippen molar-refractivity contribution in [3.63, 3.8) is 0 Å². The van der Waals surface area contributed by atoms with Gasteiger partial charge in [-0.1, -0.05) is 29.8 Å². The summed E-state index contributed by atoms with van der Waals surface area (Å²) in [7, 11) is -3.45. The molecule has 0 saturated heterocycles. The first-order valence-corrected chi connectivity index (χ1v) is 13.2. The molecule has 0 radical (unpaired) electrons. The minimum Gasteiger partial charge on any atom is -0.291 e. The van der Waals surface area contributed by atoms with Crippen LogP contribution in [0.4, 0.5) is 0 Å². The van der Waals surface area contributed by atoms with E-state index in [0.29, 0.717) is 23.4 Å². The molecule has 172 valence electrons. The van der Waals surface area contributed by atoms with Gasteiger partial charge in [0.05, 0.1) is 10.8 Å². The minimum atomic E-state index is -3.45. The molecule has 7 heteroatoms. The smallest absolute Gasteiger partial charge is 0.196 e. The van der Waals surface area contributed by atoms with Crippen LogP contribution in [0, 0.1) is 13.8 Å². The number of carbonyl (C=O) groups is 1. The molecule has 4 aromatic rings. The quantitative estimate of drug-likeness (QED) is 0.310. The average Bonchev–Trinajstić information content (AvgIpc) is 3.65. The number of carbonyl (C=O) groups excluding carboxylic acids is 1. The predicted molar refractivity (Wildman–Crippen MR) is 136 cm³/mol. The standard InChI is InChI=1S/C27H23ClN2O3S/c1-16-13-24-27(17(2)26(16)18-9-11-29-12-10-18)21(20-5-3-4-6-22(20)28)14-23(30-24)25(31)15-34(32,33)19-7-8-19/h3-6,9-14,19H,7-8,15H2,1-2H3. The lowest BCUT2D eigenvalue weighted by Gasteiger charge is -2.18. The van der Waals surface area contributed by atoms with Crippen molar-refractivity contribution in [2.24, 2.45) is 0 Å². The van der Waals surface area contributed by atoms with Crippen LogP contribution in [0.2, 0.25) is 5.02 Å². The van der Waals surface area contributed by atoms with Crippen molar-refractivity contribution in [2.45, 2.75) is 31.9 Å². The molecule has 0 bridgehead atoms. The summed E-state index contributed by atoms with van der Waals surface area (Å²) in [5.74, 6) is -1.01. The van der Waals surface area contributed by atoms with E-state index in [0.717, 1.165) is 38.8 Å². The number of ketones is 1. The number of Topliss-reactive ketones (excluding diaryl/α,β-unsaturated/α-hetero) is 1. The third-order valence-electron chi connectivity index (χ3n) is 6.33. The molecular formula is C27H23ClN2O3S. The molecule has 0 atom stereocenters. The summed E-state index contributed by atoms with van der Waals surface area (Å²) in [6, 6.07) is 15.0. The maximum atomic E-state index is 13.1. The number of pyridine rings is 2. The van der Waals surface area contributed by atoms with E-state index in [9.17, 15) is 13.2 Å². The number of aryl methyl sites for hydroxylation is 2. The zero-order chi connectivity index (χ0) is 24.0. The van der Waals surface area contributed by atoms with Crippen molar-refractivity contribution in [1.82, 2.24) is 9.97 Å². The van der Waals surface area contributed by atoms with Crippen LogP contribution in [-0.2, 0) is 9.84 Å². The van der Waals surface area contributed by atoms with Gasteiger partial charge in [-0.2, -0.15) is 0 Å². The number of rotatable bonds is 6. The number of fused-ring (bicyclic) bond motifs is 1. The maximum absolute atomic E-state index is 13.1. The third kappa shape index (κ3) is 4.12. The van der Waals surface area contributed by atoms with Gasteiger partial charge in [-0.15, -0.1) is 0 Å². The first-order chi connectivity index (χ1) is 16.3. The highest BCUT2D eigenvalue weighted by atomic mass is 35.5. The van der Waals surface area contributed by atoms with Crippen LogP contribution in [0.1, 0.15) is 34.5 Å². The molecule has 34 heavy (non-hydrogen) atoms. The largest absolute Gasteiger partial charge is 0.291 e. The van der Waals surface area contributed by atoms with Gasteiger partial charge in [0.15, 0.2) is 15.6 Å². The Labute approximate surface area is 203 Å². The van der Waals surface area contributed by atoms with Crippen molar-refractivity contribution < 1.29 is 13.2 Å². The Kier molecular flexibility index (Phi) is 5.74. The Morgan fingerprint density at radius 2 is 1.74 bits per heavy atom. The number of hydrogen-bond donors (Lipinski definition) is 0. The van der Waals surface area contributed by atoms with Gasteiger partial charge in [0, 0.05) is 28.4 Å². The molecule has 0 N–H and O–H groups in total. The van der Waals surface area contributed by atoms with Crippen LogP contribution < -0.4 is 0 Å². The molecule has 0 aliphatic heterocycles. The van der Waals surface area contributed by atoms with E-state index in [1.807, 2.05) is 50.2 Å². The molecule has 1 aliphatic rings. The topological polar surface area (TPSA) is 77.0 Å². The van der Waals surface area contributed by atoms with E-state index in [1.165, 1.54) is 0 Å². The summed E-state index contributed by atoms with van der Waals surface area (Å²) in [5, 5.41) is 1.03. The lowest BCUT2D eigenvalue weighted by atomic mass is 9.89. The summed E-state index contributed by atoms with van der Waals surface area (Å²) in [4.78, 5) is 21.9. The van der Waals surface area contributed by atoms with Crippen molar-refractivity contribution in [3.05, 3.63) is 82.8 Å². The van der Waals surface area contributed by atoms with Crippen molar-refractivity contribution >= 4 is 38.1 Å². The SMILES string of the molecule is Cc1cc2nc(C(=O)CS(=O)(=O)C3CC3)cc(-c3ccccc3Cl)c2c(C)c1-c1ccncc1. The van der Waals surface area contributed by atoms with Gasteiger partial charge in [0.1, 0.15) is 11.4 Å². The summed E-state index contributed by atoms with van der Waals surface area (Å²) >= 11 is 6.58. The number of hydrogen-bond acceptors (Lipinski definition) is 5. The number of benzene rings is 2. The van der Waals surface area contributed by atoms with Gasteiger partial charge >= 0.3 is 0 Å². The van der Waals surface area contributed by atoms with E-state index in [4.69, 9.17) is 11.6 Å². The molecule has 1 aliphatic carbocycles. The van der Waals surface area contributed by atoms with Gasteiger partial charge in [-0.05, 0) is 84.8 Å². The fourth-order valence-electron chi connectivity index (χ4n) is 4.56. The molecule has 0 unspecified atom stereocenters. The molecule has 5 rings (SSSR count). The molecule has 1 saturated carbocycles. The van der Waals surface area contributed by atoms with Crippen LogP contribution in [0.15, 0.2) is 60.9 Å². The van der Waals surface area contributed by atoms with E-state index in [1.54, 1.807) is 24.5 Å². The predicted octanol–water partition coefficient (Wildman–Crippen LogP) is 5.99. The number of sulfone groups is 1. The zero-order valence-electron chi connectivity index (χ0n) is 18.9. The molecule has 0 amide bonds. The van der Waals surface area contributed by atoms with Crippen LogP contribution in [-0.4, -0.2) is 35.2 Å². The van der Waals surface area contributed by atoms with E-state index in [2.05, 4.69) is 9.97 Å². The fraction of sp³-hybridized carbons (Fsp3) is 0.222. The Hall–Kier alpha value is -3.09. The monoisotopic (exact) mass is 490 g/mol. The molecule has 5 nitrogen and oxygen atoms in total. The summed E-state index contributed by atoms with van der Waals surface area (Å²) in [6.07, 6.45) is 4.77. The van der Waals surface area contributed by atoms with Gasteiger partial charge in [0.25, 0.3) is 0 Å². The van der Waals surface area contributed by atoms with Crippen molar-refractivity contribution in [3.8, 4) is 22.3 Å². The van der Waals surface area contributed by atoms with Crippen molar-refractivity contribution in [1.29, 1.82) is 0 Å². The van der Waals surface area contributed by atoms with Crippen LogP contribution >= 0.6 is 11.6 Å². The van der Waals surface area contributed by atoms with E-state index < -0.39 is 26.6 Å². The Morgan fingerprint density at radius 1 is 1.03 bits per heavy atom. The molecule has 0 spiro atoms. The molecule has 2 aromatic heterocycles. The second-order valence-corrected chi connectivity index (χ2v) is 11.5. The van der Waals surface area contributed by atoms with Gasteiger partial charge < -0.3 is 0 Å². The van der Waals surface area contributed by atoms with E-state index >= 15 is 0 Å². The summed E-state index contributed by atoms with van der Waals surface area (Å²) < 4.78 is 25.0. The minimum absolute atomic E-state index is 0.141. The summed E-state index contributed by atoms with van der Waals surface area (Å²) in [5.41, 5.74) is 6.42. The molecule has 2 heterocycles. The lowest BCUT2D eigenvalue weighted by Crippen LogP contribution is -2.20. The highest BCUT2D eigenvalue weighted by molar-refractivity contribution is 7.93. The maximum Gasteiger partial charge on any atom is 0.196 e. The number of halogens is 1. The fourth-order valence-corrected chi connectivity index (χ4v) is 6.40. The Morgan fingerprint density at radius 3 is 2.41 bits per heavy atom. The highest BCUT2D eigenvalue weighted by Crippen LogP contribution is 2.40. The van der Waals surface area contributed by atoms with Gasteiger partial charge in [-0.25, -0.2) is 13.4 Å². The third-order valence-corrected chi connectivity index (χ3v) is 8.81. The Bertz CT molecular complexity index is 1550. The normalized spacial score (nSPS) is 13.9. The summed E-state index contributed by atoms with van der Waals surface area (Å²) in [6.45, 7) is 4.04. The molecule has 2 aromatic carbocycles. The van der Waals surface area contributed by atoms with Crippen LogP contribution in [0.25, 0.3) is 33.2 Å². The Balaban J connectivity index is 1.76. The lowest BCUT2D eigenvalue weighted by molar-refractivity contribution is 0.101. The van der Waals surface area contributed by atoms with E-state index in [-0.39, 0.29) is 5.69 Å². The molecule has 1 fully saturated rings. The second-order valence-electron chi connectivity index (χ2n) is 8.79.